The number of nitrogens with one attached hydrogen (secondary N) is 1. The van der Waals surface area contributed by atoms with Gasteiger partial charge in [-0.1, -0.05) is 35.5 Å². The monoisotopic (exact) mass is 465 g/mol. The van der Waals surface area contributed by atoms with Crippen LogP contribution in [0.1, 0.15) is 30.7 Å². The third-order valence-corrected chi connectivity index (χ3v) is 5.46. The lowest BCUT2D eigenvalue weighted by atomic mass is 10.2. The fraction of sp³-hybridized carbons (Fsp3) is 0.185. The third-order valence-electron chi connectivity index (χ3n) is 5.46. The van der Waals surface area contributed by atoms with E-state index in [0.29, 0.717) is 19.0 Å². The van der Waals surface area contributed by atoms with Crippen molar-refractivity contribution in [3.8, 4) is 17.1 Å². The Bertz CT molecular complexity index is 1450. The molecule has 0 atom stereocenters. The Labute approximate surface area is 203 Å². The number of hydrogen-bond acceptors (Lipinski definition) is 5. The first-order valence-electron chi connectivity index (χ1n) is 11.5. The molecule has 0 saturated heterocycles. The number of aromatic nitrogens is 5. The molecule has 2 heterocycles. The number of nitrogens with zero attached hydrogens (tertiary/aromatic N) is 5. The van der Waals surface area contributed by atoms with E-state index in [9.17, 15) is 0 Å². The summed E-state index contributed by atoms with van der Waals surface area (Å²) < 4.78 is 7.72. The number of aromatic amines is 1. The molecule has 0 spiro atoms. The van der Waals surface area contributed by atoms with Crippen LogP contribution in [0.15, 0.2) is 84.0 Å². The molecular formula is C27H27N7O. The van der Waals surface area contributed by atoms with Crippen molar-refractivity contribution in [3.05, 3.63) is 95.8 Å². The van der Waals surface area contributed by atoms with Gasteiger partial charge < -0.3 is 15.5 Å². The van der Waals surface area contributed by atoms with Crippen LogP contribution in [0.3, 0.4) is 0 Å². The number of benzene rings is 3. The van der Waals surface area contributed by atoms with E-state index in [0.717, 1.165) is 39.4 Å². The maximum atomic E-state index is 6.12. The minimum absolute atomic E-state index is 0.144. The van der Waals surface area contributed by atoms with Gasteiger partial charge in [0.25, 0.3) is 0 Å². The zero-order chi connectivity index (χ0) is 24.2. The van der Waals surface area contributed by atoms with Gasteiger partial charge in [0.15, 0.2) is 0 Å². The van der Waals surface area contributed by atoms with Gasteiger partial charge in [-0.3, -0.25) is 4.99 Å². The molecule has 8 nitrogen and oxygen atoms in total. The Hall–Kier alpha value is -4.46. The fourth-order valence-electron chi connectivity index (χ4n) is 3.78. The van der Waals surface area contributed by atoms with Crippen LogP contribution in [0, 0.1) is 0 Å². The summed E-state index contributed by atoms with van der Waals surface area (Å²) in [5.74, 6) is 2.06. The lowest BCUT2D eigenvalue weighted by Crippen LogP contribution is -2.15. The van der Waals surface area contributed by atoms with Gasteiger partial charge in [0, 0.05) is 17.2 Å². The van der Waals surface area contributed by atoms with Crippen molar-refractivity contribution in [1.29, 1.82) is 0 Å². The number of aliphatic imine (C=N–C) groups is 1. The van der Waals surface area contributed by atoms with Crippen LogP contribution in [0.5, 0.6) is 5.75 Å². The summed E-state index contributed by atoms with van der Waals surface area (Å²) in [6.07, 6.45) is 1.91. The van der Waals surface area contributed by atoms with Crippen molar-refractivity contribution in [3.63, 3.8) is 0 Å². The van der Waals surface area contributed by atoms with Gasteiger partial charge >= 0.3 is 0 Å². The van der Waals surface area contributed by atoms with Gasteiger partial charge in [-0.2, -0.15) is 0 Å². The molecule has 3 aromatic carbocycles. The van der Waals surface area contributed by atoms with Crippen molar-refractivity contribution in [1.82, 2.24) is 25.0 Å². The molecule has 0 aliphatic rings. The molecule has 0 aliphatic heterocycles. The van der Waals surface area contributed by atoms with E-state index in [4.69, 9.17) is 15.5 Å². The highest BCUT2D eigenvalue weighted by Crippen LogP contribution is 2.24. The Morgan fingerprint density at radius 3 is 2.63 bits per heavy atom. The molecule has 0 bridgehead atoms. The maximum absolute atomic E-state index is 6.12. The number of nitrogens with two attached hydrogens (primary N) is 1. The van der Waals surface area contributed by atoms with Crippen LogP contribution in [0.25, 0.3) is 22.4 Å². The first kappa shape index (κ1) is 22.3. The van der Waals surface area contributed by atoms with E-state index in [-0.39, 0.29) is 6.04 Å². The van der Waals surface area contributed by atoms with Gasteiger partial charge in [-0.15, -0.1) is 5.10 Å². The minimum atomic E-state index is 0.144. The second kappa shape index (κ2) is 9.80. The van der Waals surface area contributed by atoms with Crippen LogP contribution < -0.4 is 10.5 Å². The predicted octanol–water partition coefficient (Wildman–Crippen LogP) is 4.56. The molecule has 2 aromatic heterocycles. The van der Waals surface area contributed by atoms with Gasteiger partial charge in [0.05, 0.1) is 23.8 Å². The molecule has 8 heteroatoms. The van der Waals surface area contributed by atoms with E-state index < -0.39 is 0 Å². The minimum Gasteiger partial charge on any atom is -0.487 e. The van der Waals surface area contributed by atoms with Crippen LogP contribution in [-0.2, 0) is 13.2 Å². The summed E-state index contributed by atoms with van der Waals surface area (Å²) in [5, 5.41) is 8.40. The first-order chi connectivity index (χ1) is 17.0. The molecule has 0 aliphatic carbocycles. The highest BCUT2D eigenvalue weighted by molar-refractivity contribution is 6.00. The lowest BCUT2D eigenvalue weighted by Gasteiger charge is -2.04. The first-order valence-corrected chi connectivity index (χ1v) is 11.5. The van der Waals surface area contributed by atoms with Crippen molar-refractivity contribution >= 4 is 16.9 Å². The van der Waals surface area contributed by atoms with Crippen molar-refractivity contribution in [2.45, 2.75) is 33.0 Å². The van der Waals surface area contributed by atoms with E-state index >= 15 is 0 Å². The zero-order valence-corrected chi connectivity index (χ0v) is 19.7. The molecule has 0 saturated carbocycles. The van der Waals surface area contributed by atoms with E-state index in [1.807, 2.05) is 85.4 Å². The maximum Gasteiger partial charge on any atom is 0.138 e. The number of imidazole rings is 1. The topological polar surface area (TPSA) is 107 Å². The van der Waals surface area contributed by atoms with Crippen molar-refractivity contribution in [2.75, 3.05) is 0 Å². The van der Waals surface area contributed by atoms with Crippen LogP contribution in [0.4, 0.5) is 0 Å². The van der Waals surface area contributed by atoms with E-state index in [1.54, 1.807) is 0 Å². The average Bonchev–Trinajstić information content (AvgIpc) is 3.49. The molecule has 0 radical (unpaired) electrons. The summed E-state index contributed by atoms with van der Waals surface area (Å²) in [4.78, 5) is 12.5. The second-order valence-electron chi connectivity index (χ2n) is 8.63. The zero-order valence-electron chi connectivity index (χ0n) is 19.7. The number of ether oxygens (including phenoxy) is 1. The molecule has 5 aromatic rings. The standard InChI is InChI=1S/C27H27N7O/c1-18(2)29-26(28)21-10-13-24-25(14-21)31-27(30-24)20-8-11-23(12-9-20)35-17-22-16-34(33-32-22)15-19-6-4-3-5-7-19/h3-14,16,18H,15,17H2,1-2H3,(H2,28,29)(H,30,31). The predicted molar refractivity (Wildman–Crippen MR) is 137 cm³/mol. The van der Waals surface area contributed by atoms with E-state index in [1.165, 1.54) is 5.56 Å². The molecule has 3 N–H and O–H groups in total. The highest BCUT2D eigenvalue weighted by atomic mass is 16.5. The molecule has 5 rings (SSSR count). The van der Waals surface area contributed by atoms with Crippen LogP contribution >= 0.6 is 0 Å². The fourth-order valence-corrected chi connectivity index (χ4v) is 3.78. The highest BCUT2D eigenvalue weighted by Gasteiger charge is 2.09. The third kappa shape index (κ3) is 5.38. The Morgan fingerprint density at radius 1 is 1.06 bits per heavy atom. The molecule has 176 valence electrons. The van der Waals surface area contributed by atoms with Crippen molar-refractivity contribution < 1.29 is 4.74 Å². The number of rotatable bonds is 8. The summed E-state index contributed by atoms with van der Waals surface area (Å²) in [5.41, 5.74) is 11.7. The smallest absolute Gasteiger partial charge is 0.138 e. The molecule has 0 unspecified atom stereocenters. The Balaban J connectivity index is 1.23. The summed E-state index contributed by atoms with van der Waals surface area (Å²) in [6.45, 7) is 5.03. The lowest BCUT2D eigenvalue weighted by molar-refractivity contribution is 0.301. The number of hydrogen-bond donors (Lipinski definition) is 2. The van der Waals surface area contributed by atoms with Gasteiger partial charge in [-0.05, 0) is 61.9 Å². The molecular weight excluding hydrogens is 438 g/mol. The van der Waals surface area contributed by atoms with Gasteiger partial charge in [0.1, 0.15) is 29.7 Å². The summed E-state index contributed by atoms with van der Waals surface area (Å²) >= 11 is 0. The molecule has 35 heavy (non-hydrogen) atoms. The number of amidine groups is 1. The summed E-state index contributed by atoms with van der Waals surface area (Å²) in [7, 11) is 0. The largest absolute Gasteiger partial charge is 0.487 e. The quantitative estimate of drug-likeness (QED) is 0.258. The average molecular weight is 466 g/mol. The molecule has 0 fully saturated rings. The number of fused-ring (bicyclic) bond motifs is 1. The summed E-state index contributed by atoms with van der Waals surface area (Å²) in [6, 6.07) is 24.0. The normalized spacial score (nSPS) is 11.9. The van der Waals surface area contributed by atoms with E-state index in [2.05, 4.69) is 32.4 Å². The van der Waals surface area contributed by atoms with Gasteiger partial charge in [-0.25, -0.2) is 9.67 Å². The van der Waals surface area contributed by atoms with Crippen LogP contribution in [0.2, 0.25) is 0 Å². The second-order valence-corrected chi connectivity index (χ2v) is 8.63. The number of H-pyrrole nitrogens is 1. The van der Waals surface area contributed by atoms with Gasteiger partial charge in [0.2, 0.25) is 0 Å². The van der Waals surface area contributed by atoms with Crippen molar-refractivity contribution in [2.24, 2.45) is 10.7 Å². The van der Waals surface area contributed by atoms with Crippen LogP contribution in [-0.4, -0.2) is 36.8 Å². The molecule has 0 amide bonds. The Kier molecular flexibility index (Phi) is 6.26. The SMILES string of the molecule is CC(C)N=C(N)c1ccc2nc(-c3ccc(OCc4cn(Cc5ccccc5)nn4)cc3)[nH]c2c1. The Morgan fingerprint density at radius 2 is 1.86 bits per heavy atom.